The predicted octanol–water partition coefficient (Wildman–Crippen LogP) is 2.19. The van der Waals surface area contributed by atoms with Crippen LogP contribution in [0.15, 0.2) is 36.7 Å². The summed E-state index contributed by atoms with van der Waals surface area (Å²) in [6.07, 6.45) is 3.98. The van der Waals surface area contributed by atoms with E-state index in [0.29, 0.717) is 37.1 Å². The molecule has 0 spiro atoms. The molecule has 0 aromatic carbocycles. The highest BCUT2D eigenvalue weighted by Crippen LogP contribution is 2.12. The van der Waals surface area contributed by atoms with Crippen molar-refractivity contribution in [3.8, 4) is 0 Å². The summed E-state index contributed by atoms with van der Waals surface area (Å²) in [4.78, 5) is 15.5. The van der Waals surface area contributed by atoms with Crippen LogP contribution >= 0.6 is 0 Å². The zero-order valence-electron chi connectivity index (χ0n) is 13.4. The quantitative estimate of drug-likeness (QED) is 0.647. The Hall–Kier alpha value is -2.70. The highest BCUT2D eigenvalue weighted by atomic mass is 16.1. The average molecular weight is 314 g/mol. The van der Waals surface area contributed by atoms with Crippen molar-refractivity contribution in [3.63, 3.8) is 0 Å². The van der Waals surface area contributed by atoms with Crippen molar-refractivity contribution >= 4 is 23.2 Å². The molecule has 0 radical (unpaired) electrons. The fourth-order valence-corrected chi connectivity index (χ4v) is 1.91. The largest absolute Gasteiger partial charge is 0.367 e. The van der Waals surface area contributed by atoms with Gasteiger partial charge in [-0.25, -0.2) is 0 Å². The third kappa shape index (κ3) is 6.29. The number of carbonyl (C=O) groups is 1. The average Bonchev–Trinajstić information content (AvgIpc) is 2.53. The molecule has 7 heteroatoms. The fraction of sp³-hybridized carbons (Fsp3) is 0.375. The fourth-order valence-electron chi connectivity index (χ4n) is 1.91. The van der Waals surface area contributed by atoms with E-state index in [9.17, 15) is 4.79 Å². The second-order valence-electron chi connectivity index (χ2n) is 5.55. The van der Waals surface area contributed by atoms with Gasteiger partial charge in [-0.2, -0.15) is 0 Å². The Balaban J connectivity index is 1.72. The van der Waals surface area contributed by atoms with Gasteiger partial charge in [0, 0.05) is 25.7 Å². The molecule has 0 unspecified atom stereocenters. The van der Waals surface area contributed by atoms with Crippen LogP contribution in [0.4, 0.5) is 17.3 Å². The first-order valence-electron chi connectivity index (χ1n) is 7.65. The van der Waals surface area contributed by atoms with Gasteiger partial charge in [0.1, 0.15) is 5.82 Å². The van der Waals surface area contributed by atoms with Gasteiger partial charge in [-0.1, -0.05) is 13.8 Å². The number of pyridine rings is 1. The van der Waals surface area contributed by atoms with Gasteiger partial charge in [-0.05, 0) is 30.2 Å². The molecule has 3 N–H and O–H groups in total. The number of anilines is 3. The second kappa shape index (κ2) is 8.67. The second-order valence-corrected chi connectivity index (χ2v) is 5.55. The van der Waals surface area contributed by atoms with Crippen LogP contribution in [0.1, 0.15) is 20.3 Å². The van der Waals surface area contributed by atoms with Gasteiger partial charge in [-0.3, -0.25) is 9.78 Å². The van der Waals surface area contributed by atoms with Gasteiger partial charge >= 0.3 is 0 Å². The lowest BCUT2D eigenvalue weighted by atomic mass is 10.1. The molecule has 7 nitrogen and oxygen atoms in total. The Morgan fingerprint density at radius 1 is 1.13 bits per heavy atom. The zero-order chi connectivity index (χ0) is 16.5. The van der Waals surface area contributed by atoms with E-state index >= 15 is 0 Å². The Morgan fingerprint density at radius 3 is 2.57 bits per heavy atom. The van der Waals surface area contributed by atoms with Gasteiger partial charge in [0.05, 0.1) is 11.9 Å². The summed E-state index contributed by atoms with van der Waals surface area (Å²) in [5, 5.41) is 17.3. The van der Waals surface area contributed by atoms with Crippen molar-refractivity contribution in [2.45, 2.75) is 20.3 Å². The molecule has 0 saturated heterocycles. The molecule has 0 aliphatic carbocycles. The molecule has 1 amide bonds. The van der Waals surface area contributed by atoms with Gasteiger partial charge in [0.15, 0.2) is 5.82 Å². The van der Waals surface area contributed by atoms with Crippen LogP contribution in [0, 0.1) is 5.92 Å². The normalized spacial score (nSPS) is 10.4. The lowest BCUT2D eigenvalue weighted by Crippen LogP contribution is -2.29. The van der Waals surface area contributed by atoms with Gasteiger partial charge in [-0.15, -0.1) is 10.2 Å². The molecule has 0 aliphatic heterocycles. The molecule has 0 fully saturated rings. The van der Waals surface area contributed by atoms with E-state index in [0.717, 1.165) is 5.69 Å². The number of hydrogen-bond donors (Lipinski definition) is 3. The van der Waals surface area contributed by atoms with E-state index in [-0.39, 0.29) is 5.91 Å². The predicted molar refractivity (Wildman–Crippen MR) is 90.5 cm³/mol. The minimum Gasteiger partial charge on any atom is -0.367 e. The highest BCUT2D eigenvalue weighted by molar-refractivity contribution is 5.76. The van der Waals surface area contributed by atoms with Crippen molar-refractivity contribution in [1.29, 1.82) is 0 Å². The van der Waals surface area contributed by atoms with Crippen molar-refractivity contribution in [2.24, 2.45) is 5.92 Å². The van der Waals surface area contributed by atoms with Crippen molar-refractivity contribution < 1.29 is 4.79 Å². The van der Waals surface area contributed by atoms with E-state index < -0.39 is 0 Å². The monoisotopic (exact) mass is 314 g/mol. The lowest BCUT2D eigenvalue weighted by molar-refractivity contribution is -0.121. The third-order valence-electron chi connectivity index (χ3n) is 2.95. The molecule has 23 heavy (non-hydrogen) atoms. The number of amides is 1. The van der Waals surface area contributed by atoms with Gasteiger partial charge < -0.3 is 16.0 Å². The van der Waals surface area contributed by atoms with E-state index in [4.69, 9.17) is 0 Å². The first-order chi connectivity index (χ1) is 11.1. The maximum Gasteiger partial charge on any atom is 0.220 e. The van der Waals surface area contributed by atoms with E-state index in [1.165, 1.54) is 0 Å². The highest BCUT2D eigenvalue weighted by Gasteiger charge is 2.03. The van der Waals surface area contributed by atoms with Crippen LogP contribution in [0.5, 0.6) is 0 Å². The molecule has 122 valence electrons. The van der Waals surface area contributed by atoms with Crippen molar-refractivity contribution in [2.75, 3.05) is 23.7 Å². The summed E-state index contributed by atoms with van der Waals surface area (Å²) < 4.78 is 0. The standard InChI is InChI=1S/C16H22N6O/c1-12(2)10-16(23)19-9-8-18-14-5-6-15(22-21-14)20-13-4-3-7-17-11-13/h3-7,11-12H,8-10H2,1-2H3,(H,18,21)(H,19,23)(H,20,22). The number of nitrogens with one attached hydrogen (secondary N) is 3. The molecular weight excluding hydrogens is 292 g/mol. The summed E-state index contributed by atoms with van der Waals surface area (Å²) in [6, 6.07) is 7.42. The van der Waals surface area contributed by atoms with Gasteiger partial charge in [0.2, 0.25) is 5.91 Å². The molecule has 2 aromatic heterocycles. The summed E-state index contributed by atoms with van der Waals surface area (Å²) >= 11 is 0. The molecule has 2 rings (SSSR count). The molecule has 0 saturated carbocycles. The number of rotatable bonds is 8. The molecule has 2 aromatic rings. The minimum atomic E-state index is 0.0731. The third-order valence-corrected chi connectivity index (χ3v) is 2.95. The van der Waals surface area contributed by atoms with Gasteiger partial charge in [0.25, 0.3) is 0 Å². The first kappa shape index (κ1) is 16.7. The zero-order valence-corrected chi connectivity index (χ0v) is 13.4. The van der Waals surface area contributed by atoms with Crippen LogP contribution in [-0.4, -0.2) is 34.2 Å². The Morgan fingerprint density at radius 2 is 1.91 bits per heavy atom. The van der Waals surface area contributed by atoms with Crippen LogP contribution in [-0.2, 0) is 4.79 Å². The van der Waals surface area contributed by atoms with Crippen LogP contribution in [0.3, 0.4) is 0 Å². The maximum absolute atomic E-state index is 11.5. The summed E-state index contributed by atoms with van der Waals surface area (Å²) in [5.41, 5.74) is 0.857. The topological polar surface area (TPSA) is 91.8 Å². The number of carbonyl (C=O) groups excluding carboxylic acids is 1. The molecule has 0 aliphatic rings. The van der Waals surface area contributed by atoms with E-state index in [1.807, 2.05) is 38.1 Å². The molecular formula is C16H22N6O. The number of hydrogen-bond acceptors (Lipinski definition) is 6. The van der Waals surface area contributed by atoms with E-state index in [2.05, 4.69) is 31.1 Å². The smallest absolute Gasteiger partial charge is 0.220 e. The Labute approximate surface area is 135 Å². The summed E-state index contributed by atoms with van der Waals surface area (Å²) in [5.74, 6) is 1.76. The molecule has 0 atom stereocenters. The SMILES string of the molecule is CC(C)CC(=O)NCCNc1ccc(Nc2cccnc2)nn1. The van der Waals surface area contributed by atoms with Crippen LogP contribution in [0.2, 0.25) is 0 Å². The summed E-state index contributed by atoms with van der Waals surface area (Å²) in [6.45, 7) is 5.21. The van der Waals surface area contributed by atoms with Crippen molar-refractivity contribution in [1.82, 2.24) is 20.5 Å². The summed E-state index contributed by atoms with van der Waals surface area (Å²) in [7, 11) is 0. The lowest BCUT2D eigenvalue weighted by Gasteiger charge is -2.09. The molecule has 0 bridgehead atoms. The Kier molecular flexibility index (Phi) is 6.28. The first-order valence-corrected chi connectivity index (χ1v) is 7.65. The number of nitrogens with zero attached hydrogens (tertiary/aromatic N) is 3. The molecule has 2 heterocycles. The van der Waals surface area contributed by atoms with Crippen LogP contribution in [0.25, 0.3) is 0 Å². The number of aromatic nitrogens is 3. The van der Waals surface area contributed by atoms with E-state index in [1.54, 1.807) is 12.4 Å². The van der Waals surface area contributed by atoms with Crippen LogP contribution < -0.4 is 16.0 Å². The van der Waals surface area contributed by atoms with Crippen molar-refractivity contribution in [3.05, 3.63) is 36.7 Å². The minimum absolute atomic E-state index is 0.0731. The maximum atomic E-state index is 11.5. The Bertz CT molecular complexity index is 600.